The van der Waals surface area contributed by atoms with Crippen LogP contribution >= 0.6 is 23.2 Å². The summed E-state index contributed by atoms with van der Waals surface area (Å²) >= 11 is 11.9. The number of hydrogen-bond acceptors (Lipinski definition) is 2. The fraction of sp³-hybridized carbons (Fsp3) is 0.100. The summed E-state index contributed by atoms with van der Waals surface area (Å²) in [5, 5.41) is 1.87. The first-order valence-electron chi connectivity index (χ1n) is 4.10. The molecule has 2 rings (SSSR count). The van der Waals surface area contributed by atoms with E-state index in [4.69, 9.17) is 28.9 Å². The molecule has 72 valence electrons. The molecular weight excluding hydrogens is 219 g/mol. The molecule has 0 unspecified atom stereocenters. The Hall–Kier alpha value is -0.990. The van der Waals surface area contributed by atoms with Crippen molar-refractivity contribution < 1.29 is 0 Å². The molecule has 1 aromatic carbocycles. The third-order valence-electron chi connectivity index (χ3n) is 1.98. The second kappa shape index (κ2) is 3.30. The van der Waals surface area contributed by atoms with E-state index in [1.165, 1.54) is 0 Å². The molecule has 0 saturated heterocycles. The zero-order valence-corrected chi connectivity index (χ0v) is 9.02. The number of pyridine rings is 1. The van der Waals surface area contributed by atoms with Gasteiger partial charge in [0.1, 0.15) is 0 Å². The molecule has 2 aromatic rings. The molecule has 14 heavy (non-hydrogen) atoms. The molecule has 0 spiro atoms. The molecular formula is C10H8Cl2N2. The number of benzene rings is 1. The minimum atomic E-state index is 0.539. The molecule has 0 aliphatic carbocycles. The average Bonchev–Trinajstić information content (AvgIpc) is 1.99. The van der Waals surface area contributed by atoms with E-state index in [-0.39, 0.29) is 0 Å². The third kappa shape index (κ3) is 1.51. The third-order valence-corrected chi connectivity index (χ3v) is 2.50. The van der Waals surface area contributed by atoms with E-state index in [1.54, 1.807) is 18.2 Å². The first-order valence-corrected chi connectivity index (χ1v) is 4.85. The molecule has 1 heterocycles. The molecule has 0 saturated carbocycles. The van der Waals surface area contributed by atoms with Crippen LogP contribution < -0.4 is 5.73 Å². The van der Waals surface area contributed by atoms with Crippen LogP contribution in [0.1, 0.15) is 5.69 Å². The number of nitrogens with zero attached hydrogens (tertiary/aromatic N) is 1. The van der Waals surface area contributed by atoms with Crippen LogP contribution in [0.5, 0.6) is 0 Å². The smallest absolute Gasteiger partial charge is 0.0755 e. The second-order valence-corrected chi connectivity index (χ2v) is 3.98. The average molecular weight is 227 g/mol. The van der Waals surface area contributed by atoms with E-state index < -0.39 is 0 Å². The minimum absolute atomic E-state index is 0.539. The fourth-order valence-corrected chi connectivity index (χ4v) is 2.05. The van der Waals surface area contributed by atoms with Gasteiger partial charge in [-0.1, -0.05) is 23.2 Å². The second-order valence-electron chi connectivity index (χ2n) is 3.13. The van der Waals surface area contributed by atoms with E-state index >= 15 is 0 Å². The van der Waals surface area contributed by atoms with Crippen molar-refractivity contribution in [3.63, 3.8) is 0 Å². The fourth-order valence-electron chi connectivity index (χ4n) is 1.45. The topological polar surface area (TPSA) is 38.9 Å². The van der Waals surface area contributed by atoms with Crippen LogP contribution in [0.3, 0.4) is 0 Å². The highest BCUT2D eigenvalue weighted by Gasteiger charge is 2.06. The van der Waals surface area contributed by atoms with E-state index in [0.717, 1.165) is 16.6 Å². The quantitative estimate of drug-likeness (QED) is 0.748. The Labute approximate surface area is 91.6 Å². The molecule has 0 radical (unpaired) electrons. The summed E-state index contributed by atoms with van der Waals surface area (Å²) in [5.41, 5.74) is 8.06. The Balaban J connectivity index is 2.94. The number of hydrogen-bond donors (Lipinski definition) is 1. The van der Waals surface area contributed by atoms with Crippen molar-refractivity contribution in [3.05, 3.63) is 33.9 Å². The molecule has 0 bridgehead atoms. The van der Waals surface area contributed by atoms with Gasteiger partial charge < -0.3 is 5.73 Å². The number of anilines is 1. The number of aryl methyl sites for hydroxylation is 1. The number of nitrogens with two attached hydrogens (primary N) is 1. The van der Waals surface area contributed by atoms with Gasteiger partial charge in [0.05, 0.1) is 10.5 Å². The van der Waals surface area contributed by atoms with Crippen molar-refractivity contribution >= 4 is 39.8 Å². The normalized spacial score (nSPS) is 10.8. The van der Waals surface area contributed by atoms with Crippen LogP contribution in [-0.2, 0) is 0 Å². The highest BCUT2D eigenvalue weighted by molar-refractivity contribution is 6.39. The number of fused-ring (bicyclic) bond motifs is 1. The maximum absolute atomic E-state index is 6.02. The summed E-state index contributed by atoms with van der Waals surface area (Å²) in [6.07, 6.45) is 0. The monoisotopic (exact) mass is 226 g/mol. The van der Waals surface area contributed by atoms with Crippen molar-refractivity contribution in [1.29, 1.82) is 0 Å². The Bertz CT molecular complexity index is 466. The Morgan fingerprint density at radius 3 is 2.64 bits per heavy atom. The first kappa shape index (κ1) is 9.56. The first-order chi connectivity index (χ1) is 6.58. The zero-order valence-electron chi connectivity index (χ0n) is 7.51. The van der Waals surface area contributed by atoms with Crippen LogP contribution in [0.25, 0.3) is 10.9 Å². The van der Waals surface area contributed by atoms with Gasteiger partial charge in [0.15, 0.2) is 0 Å². The Kier molecular flexibility index (Phi) is 2.25. The van der Waals surface area contributed by atoms with Gasteiger partial charge in [0.25, 0.3) is 0 Å². The summed E-state index contributed by atoms with van der Waals surface area (Å²) in [6, 6.07) is 5.22. The van der Waals surface area contributed by atoms with Crippen LogP contribution in [0.15, 0.2) is 18.2 Å². The molecule has 0 fully saturated rings. The highest BCUT2D eigenvalue weighted by atomic mass is 35.5. The molecule has 2 N–H and O–H groups in total. The van der Waals surface area contributed by atoms with E-state index in [9.17, 15) is 0 Å². The van der Waals surface area contributed by atoms with Gasteiger partial charge in [0, 0.05) is 21.8 Å². The van der Waals surface area contributed by atoms with Crippen LogP contribution in [0, 0.1) is 6.92 Å². The summed E-state index contributed by atoms with van der Waals surface area (Å²) in [5.74, 6) is 0. The lowest BCUT2D eigenvalue weighted by Gasteiger charge is -2.05. The van der Waals surface area contributed by atoms with E-state index in [1.807, 2.05) is 6.92 Å². The molecule has 0 aliphatic rings. The summed E-state index contributed by atoms with van der Waals surface area (Å²) < 4.78 is 0. The van der Waals surface area contributed by atoms with Crippen molar-refractivity contribution in [2.24, 2.45) is 0 Å². The molecule has 0 aliphatic heterocycles. The summed E-state index contributed by atoms with van der Waals surface area (Å²) in [6.45, 7) is 1.88. The predicted octanol–water partition coefficient (Wildman–Crippen LogP) is 3.43. The van der Waals surface area contributed by atoms with Gasteiger partial charge in [-0.3, -0.25) is 4.98 Å². The highest BCUT2D eigenvalue weighted by Crippen LogP contribution is 2.31. The van der Waals surface area contributed by atoms with E-state index in [0.29, 0.717) is 15.7 Å². The van der Waals surface area contributed by atoms with Gasteiger partial charge in [-0.2, -0.15) is 0 Å². The maximum Gasteiger partial charge on any atom is 0.0755 e. The maximum atomic E-state index is 6.02. The summed E-state index contributed by atoms with van der Waals surface area (Å²) in [4.78, 5) is 4.31. The Morgan fingerprint density at radius 2 is 1.93 bits per heavy atom. The minimum Gasteiger partial charge on any atom is -0.398 e. The van der Waals surface area contributed by atoms with Gasteiger partial charge >= 0.3 is 0 Å². The Morgan fingerprint density at radius 1 is 1.21 bits per heavy atom. The lowest BCUT2D eigenvalue weighted by Crippen LogP contribution is -1.92. The van der Waals surface area contributed by atoms with Crippen LogP contribution in [0.2, 0.25) is 10.0 Å². The number of aromatic nitrogens is 1. The standard InChI is InChI=1S/C10H8Cl2N2/c1-5-2-8(13)10-7(12)3-6(11)4-9(10)14-5/h2-4H,1H3,(H2,13,14). The van der Waals surface area contributed by atoms with Crippen LogP contribution in [0.4, 0.5) is 5.69 Å². The largest absolute Gasteiger partial charge is 0.398 e. The van der Waals surface area contributed by atoms with Gasteiger partial charge in [0.2, 0.25) is 0 Å². The zero-order chi connectivity index (χ0) is 10.3. The van der Waals surface area contributed by atoms with Crippen LogP contribution in [-0.4, -0.2) is 4.98 Å². The molecule has 0 atom stereocenters. The lowest BCUT2D eigenvalue weighted by molar-refractivity contribution is 1.26. The lowest BCUT2D eigenvalue weighted by atomic mass is 10.1. The summed E-state index contributed by atoms with van der Waals surface area (Å²) in [7, 11) is 0. The SMILES string of the molecule is Cc1cc(N)c2c(Cl)cc(Cl)cc2n1. The number of halogens is 2. The van der Waals surface area contributed by atoms with Crippen molar-refractivity contribution in [2.45, 2.75) is 6.92 Å². The van der Waals surface area contributed by atoms with E-state index in [2.05, 4.69) is 4.98 Å². The molecule has 2 nitrogen and oxygen atoms in total. The molecule has 0 amide bonds. The number of rotatable bonds is 0. The molecule has 1 aromatic heterocycles. The molecule has 4 heteroatoms. The van der Waals surface area contributed by atoms with Crippen molar-refractivity contribution in [3.8, 4) is 0 Å². The number of nitrogen functional groups attached to an aromatic ring is 1. The van der Waals surface area contributed by atoms with Gasteiger partial charge in [-0.15, -0.1) is 0 Å². The van der Waals surface area contributed by atoms with Crippen molar-refractivity contribution in [2.75, 3.05) is 5.73 Å². The van der Waals surface area contributed by atoms with Gasteiger partial charge in [-0.25, -0.2) is 0 Å². The predicted molar refractivity (Wildman–Crippen MR) is 60.9 cm³/mol. The van der Waals surface area contributed by atoms with Gasteiger partial charge in [-0.05, 0) is 25.1 Å². The van der Waals surface area contributed by atoms with Crippen molar-refractivity contribution in [1.82, 2.24) is 4.98 Å².